The number of hydrogen-bond acceptors (Lipinski definition) is 3. The molecule has 0 bridgehead atoms. The number of amides is 1. The Bertz CT molecular complexity index is 817. The molecule has 0 aromatic heterocycles. The van der Waals surface area contributed by atoms with Gasteiger partial charge in [-0.3, -0.25) is 4.79 Å². The maximum absolute atomic E-state index is 12.4. The zero-order valence-corrected chi connectivity index (χ0v) is 17.7. The first kappa shape index (κ1) is 21.8. The lowest BCUT2D eigenvalue weighted by Gasteiger charge is -2.12. The van der Waals surface area contributed by atoms with Crippen LogP contribution in [0.1, 0.15) is 41.3 Å². The zero-order chi connectivity index (χ0) is 21.0. The van der Waals surface area contributed by atoms with Crippen molar-refractivity contribution in [1.29, 1.82) is 0 Å². The van der Waals surface area contributed by atoms with Crippen LogP contribution < -0.4 is 16.0 Å². The van der Waals surface area contributed by atoms with Gasteiger partial charge >= 0.3 is 0 Å². The summed E-state index contributed by atoms with van der Waals surface area (Å²) in [7, 11) is 0. The van der Waals surface area contributed by atoms with Crippen molar-refractivity contribution in [1.82, 2.24) is 16.0 Å². The van der Waals surface area contributed by atoms with Crippen LogP contribution in [0, 0.1) is 0 Å². The molecule has 1 heterocycles. The summed E-state index contributed by atoms with van der Waals surface area (Å²) in [5, 5.41) is 9.62. The molecule has 1 aliphatic rings. The molecule has 2 aromatic rings. The minimum atomic E-state index is -0.0655. The van der Waals surface area contributed by atoms with E-state index in [4.69, 9.17) is 4.74 Å². The van der Waals surface area contributed by atoms with Crippen molar-refractivity contribution < 1.29 is 9.53 Å². The fourth-order valence-electron chi connectivity index (χ4n) is 3.41. The van der Waals surface area contributed by atoms with Crippen molar-refractivity contribution in [2.75, 3.05) is 26.2 Å². The van der Waals surface area contributed by atoms with Crippen LogP contribution in [0.4, 0.5) is 0 Å². The fourth-order valence-corrected chi connectivity index (χ4v) is 3.41. The maximum Gasteiger partial charge on any atom is 0.251 e. The molecule has 1 unspecified atom stereocenters. The number of ether oxygens (including phenoxy) is 1. The van der Waals surface area contributed by atoms with Gasteiger partial charge in [0.05, 0.1) is 12.6 Å². The van der Waals surface area contributed by atoms with Crippen LogP contribution >= 0.6 is 0 Å². The summed E-state index contributed by atoms with van der Waals surface area (Å²) >= 11 is 0. The number of carbonyl (C=O) groups is 1. The molecule has 0 spiro atoms. The van der Waals surface area contributed by atoms with Crippen LogP contribution in [0.15, 0.2) is 59.6 Å². The number of carbonyl (C=O) groups excluding carboxylic acids is 1. The summed E-state index contributed by atoms with van der Waals surface area (Å²) in [6.07, 6.45) is 3.17. The van der Waals surface area contributed by atoms with Crippen LogP contribution in [0.5, 0.6) is 0 Å². The molecule has 1 amide bonds. The highest BCUT2D eigenvalue weighted by atomic mass is 16.5. The molecule has 1 aliphatic heterocycles. The Morgan fingerprint density at radius 3 is 2.67 bits per heavy atom. The monoisotopic (exact) mass is 408 g/mol. The van der Waals surface area contributed by atoms with E-state index in [1.807, 2.05) is 37.3 Å². The van der Waals surface area contributed by atoms with Gasteiger partial charge in [0.25, 0.3) is 5.91 Å². The number of nitrogens with zero attached hydrogens (tertiary/aromatic N) is 1. The summed E-state index contributed by atoms with van der Waals surface area (Å²) in [4.78, 5) is 17.1. The second kappa shape index (κ2) is 12.0. The Balaban J connectivity index is 1.51. The van der Waals surface area contributed by atoms with E-state index in [9.17, 15) is 4.79 Å². The summed E-state index contributed by atoms with van der Waals surface area (Å²) < 4.78 is 5.56. The molecule has 0 aliphatic carbocycles. The lowest BCUT2D eigenvalue weighted by molar-refractivity contribution is 0.0857. The third kappa shape index (κ3) is 7.19. The second-order valence-corrected chi connectivity index (χ2v) is 7.40. The quantitative estimate of drug-likeness (QED) is 0.441. The molecule has 0 saturated carbocycles. The standard InChI is InChI=1S/C24H32N4O2/c1-2-25-24(26-14-13-19-8-4-3-5-9-19)28-17-20-10-6-11-21(16-20)23(29)27-18-22-12-7-15-30-22/h3-6,8-11,16,22H,2,7,12-15,17-18H2,1H3,(H,27,29)(H2,25,26,28). The Labute approximate surface area is 179 Å². The molecular formula is C24H32N4O2. The topological polar surface area (TPSA) is 74.8 Å². The Morgan fingerprint density at radius 2 is 1.90 bits per heavy atom. The Kier molecular flexibility index (Phi) is 8.72. The molecule has 30 heavy (non-hydrogen) atoms. The summed E-state index contributed by atoms with van der Waals surface area (Å²) in [6, 6.07) is 18.0. The van der Waals surface area contributed by atoms with Gasteiger partial charge < -0.3 is 20.7 Å². The van der Waals surface area contributed by atoms with Gasteiger partial charge in [0.15, 0.2) is 5.96 Å². The van der Waals surface area contributed by atoms with Gasteiger partial charge in [-0.1, -0.05) is 42.5 Å². The third-order valence-electron chi connectivity index (χ3n) is 5.02. The normalized spacial score (nSPS) is 16.3. The molecule has 6 heteroatoms. The van der Waals surface area contributed by atoms with E-state index in [1.165, 1.54) is 5.56 Å². The average molecular weight is 409 g/mol. The molecule has 0 radical (unpaired) electrons. The first-order valence-corrected chi connectivity index (χ1v) is 10.8. The Morgan fingerprint density at radius 1 is 1.07 bits per heavy atom. The van der Waals surface area contributed by atoms with Gasteiger partial charge in [0.2, 0.25) is 0 Å². The first-order chi connectivity index (χ1) is 14.7. The van der Waals surface area contributed by atoms with E-state index < -0.39 is 0 Å². The predicted octanol–water partition coefficient (Wildman–Crippen LogP) is 2.89. The van der Waals surface area contributed by atoms with Crippen LogP contribution in [0.25, 0.3) is 0 Å². The summed E-state index contributed by atoms with van der Waals surface area (Å²) in [6.45, 7) is 5.52. The van der Waals surface area contributed by atoms with Crippen molar-refractivity contribution >= 4 is 11.9 Å². The molecule has 1 saturated heterocycles. The number of nitrogens with one attached hydrogen (secondary N) is 3. The van der Waals surface area contributed by atoms with Crippen molar-refractivity contribution in [2.45, 2.75) is 38.8 Å². The van der Waals surface area contributed by atoms with Gasteiger partial charge in [-0.15, -0.1) is 0 Å². The smallest absolute Gasteiger partial charge is 0.251 e. The molecule has 6 nitrogen and oxygen atoms in total. The lowest BCUT2D eigenvalue weighted by atomic mass is 10.1. The minimum Gasteiger partial charge on any atom is -0.376 e. The number of guanidine groups is 1. The minimum absolute atomic E-state index is 0.0655. The molecular weight excluding hydrogens is 376 g/mol. The van der Waals surface area contributed by atoms with Gasteiger partial charge in [0.1, 0.15) is 0 Å². The van der Waals surface area contributed by atoms with Crippen molar-refractivity contribution in [2.24, 2.45) is 4.99 Å². The number of aliphatic imine (C=N–C) groups is 1. The predicted molar refractivity (Wildman–Crippen MR) is 121 cm³/mol. The molecule has 3 N–H and O–H groups in total. The van der Waals surface area contributed by atoms with E-state index >= 15 is 0 Å². The first-order valence-electron chi connectivity index (χ1n) is 10.8. The van der Waals surface area contributed by atoms with E-state index in [1.54, 1.807) is 0 Å². The van der Waals surface area contributed by atoms with Gasteiger partial charge in [-0.2, -0.15) is 0 Å². The van der Waals surface area contributed by atoms with Gasteiger partial charge in [-0.25, -0.2) is 4.99 Å². The molecule has 1 fully saturated rings. The van der Waals surface area contributed by atoms with E-state index in [0.29, 0.717) is 18.7 Å². The molecule has 2 aromatic carbocycles. The van der Waals surface area contributed by atoms with Crippen LogP contribution in [0.2, 0.25) is 0 Å². The van der Waals surface area contributed by atoms with Crippen LogP contribution in [-0.4, -0.2) is 44.2 Å². The third-order valence-corrected chi connectivity index (χ3v) is 5.02. The Hall–Kier alpha value is -2.86. The SMILES string of the molecule is CCNC(=NCc1cccc(C(=O)NCC2CCCO2)c1)NCCc1ccccc1. The molecule has 160 valence electrons. The van der Waals surface area contributed by atoms with Crippen molar-refractivity contribution in [3.8, 4) is 0 Å². The summed E-state index contributed by atoms with van der Waals surface area (Å²) in [5.41, 5.74) is 2.95. The van der Waals surface area contributed by atoms with Crippen molar-refractivity contribution in [3.63, 3.8) is 0 Å². The van der Waals surface area contributed by atoms with E-state index in [0.717, 1.165) is 50.5 Å². The zero-order valence-electron chi connectivity index (χ0n) is 17.7. The summed E-state index contributed by atoms with van der Waals surface area (Å²) in [5.74, 6) is 0.714. The van der Waals surface area contributed by atoms with Gasteiger partial charge in [0, 0.05) is 31.8 Å². The maximum atomic E-state index is 12.4. The van der Waals surface area contributed by atoms with Crippen molar-refractivity contribution in [3.05, 3.63) is 71.3 Å². The highest BCUT2D eigenvalue weighted by molar-refractivity contribution is 5.94. The molecule has 1 atom stereocenters. The number of rotatable bonds is 9. The largest absolute Gasteiger partial charge is 0.376 e. The highest BCUT2D eigenvalue weighted by Crippen LogP contribution is 2.11. The second-order valence-electron chi connectivity index (χ2n) is 7.40. The van der Waals surface area contributed by atoms with Crippen LogP contribution in [0.3, 0.4) is 0 Å². The van der Waals surface area contributed by atoms with E-state index in [2.05, 4.69) is 45.2 Å². The van der Waals surface area contributed by atoms with Gasteiger partial charge in [-0.05, 0) is 49.4 Å². The van der Waals surface area contributed by atoms with E-state index in [-0.39, 0.29) is 12.0 Å². The lowest BCUT2D eigenvalue weighted by Crippen LogP contribution is -2.38. The highest BCUT2D eigenvalue weighted by Gasteiger charge is 2.16. The fraction of sp³-hybridized carbons (Fsp3) is 0.417. The average Bonchev–Trinajstić information content (AvgIpc) is 3.30. The molecule has 3 rings (SSSR count). The number of benzene rings is 2. The van der Waals surface area contributed by atoms with Crippen LogP contribution in [-0.2, 0) is 17.7 Å². The number of hydrogen-bond donors (Lipinski definition) is 3.